The average Bonchev–Trinajstić information content (AvgIpc) is 2.38. The molecule has 17 heavy (non-hydrogen) atoms. The molecule has 0 bridgehead atoms. The van der Waals surface area contributed by atoms with E-state index in [4.69, 9.17) is 0 Å². The molecule has 2 rings (SSSR count). The van der Waals surface area contributed by atoms with Crippen molar-refractivity contribution in [3.8, 4) is 0 Å². The van der Waals surface area contributed by atoms with E-state index in [1.54, 1.807) is 6.92 Å². The Bertz CT molecular complexity index is 443. The second-order valence-corrected chi connectivity index (χ2v) is 4.40. The molecule has 0 amide bonds. The zero-order valence-electron chi connectivity index (χ0n) is 10.1. The van der Waals surface area contributed by atoms with Crippen molar-refractivity contribution in [1.29, 1.82) is 0 Å². The lowest BCUT2D eigenvalue weighted by atomic mass is 10.0. The van der Waals surface area contributed by atoms with Crippen LogP contribution in [0.4, 0.5) is 0 Å². The Hall–Kier alpha value is -1.60. The number of hydrogen-bond acceptors (Lipinski definition) is 1. The van der Waals surface area contributed by atoms with Gasteiger partial charge < -0.3 is 5.11 Å². The standard InChI is InChI=1S/C16H18O/c1-13(17)16-11-9-15(10-12-16)8-7-14-5-3-2-4-6-14/h2-6,9-13,17H,7-8H2,1H3. The van der Waals surface area contributed by atoms with Crippen LogP contribution in [0, 0.1) is 0 Å². The van der Waals surface area contributed by atoms with Crippen molar-refractivity contribution in [2.24, 2.45) is 0 Å². The number of aliphatic hydroxyl groups excluding tert-OH is 1. The smallest absolute Gasteiger partial charge is 0.0761 e. The molecule has 0 radical (unpaired) electrons. The van der Waals surface area contributed by atoms with Crippen LogP contribution in [-0.2, 0) is 12.8 Å². The first kappa shape index (κ1) is 11.9. The summed E-state index contributed by atoms with van der Waals surface area (Å²) < 4.78 is 0. The highest BCUT2D eigenvalue weighted by Gasteiger charge is 2.00. The van der Waals surface area contributed by atoms with Crippen molar-refractivity contribution in [2.45, 2.75) is 25.9 Å². The lowest BCUT2D eigenvalue weighted by molar-refractivity contribution is 0.199. The van der Waals surface area contributed by atoms with Crippen LogP contribution < -0.4 is 0 Å². The summed E-state index contributed by atoms with van der Waals surface area (Å²) in [7, 11) is 0. The van der Waals surface area contributed by atoms with E-state index in [2.05, 4.69) is 36.4 Å². The van der Waals surface area contributed by atoms with Gasteiger partial charge in [-0.3, -0.25) is 0 Å². The molecular weight excluding hydrogens is 208 g/mol. The molecule has 1 heteroatoms. The van der Waals surface area contributed by atoms with Crippen molar-refractivity contribution in [3.05, 3.63) is 71.3 Å². The fourth-order valence-corrected chi connectivity index (χ4v) is 1.90. The van der Waals surface area contributed by atoms with E-state index in [0.29, 0.717) is 0 Å². The summed E-state index contributed by atoms with van der Waals surface area (Å²) >= 11 is 0. The van der Waals surface area contributed by atoms with Gasteiger partial charge in [-0.15, -0.1) is 0 Å². The maximum atomic E-state index is 9.42. The first-order chi connectivity index (χ1) is 8.25. The summed E-state index contributed by atoms with van der Waals surface area (Å²) in [6.45, 7) is 1.79. The van der Waals surface area contributed by atoms with Gasteiger partial charge in [0.1, 0.15) is 0 Å². The minimum atomic E-state index is -0.377. The molecular formula is C16H18O. The molecule has 1 atom stereocenters. The Morgan fingerprint density at radius 2 is 1.35 bits per heavy atom. The number of aliphatic hydroxyl groups is 1. The van der Waals surface area contributed by atoms with Gasteiger partial charge in [-0.05, 0) is 36.5 Å². The summed E-state index contributed by atoms with van der Waals surface area (Å²) in [4.78, 5) is 0. The summed E-state index contributed by atoms with van der Waals surface area (Å²) in [6, 6.07) is 18.7. The molecule has 0 fully saturated rings. The third-order valence-electron chi connectivity index (χ3n) is 3.01. The number of rotatable bonds is 4. The third-order valence-corrected chi connectivity index (χ3v) is 3.01. The summed E-state index contributed by atoms with van der Waals surface area (Å²) in [5, 5.41) is 9.42. The number of hydrogen-bond donors (Lipinski definition) is 1. The maximum absolute atomic E-state index is 9.42. The molecule has 0 saturated carbocycles. The van der Waals surface area contributed by atoms with Crippen LogP contribution in [0.1, 0.15) is 29.7 Å². The highest BCUT2D eigenvalue weighted by molar-refractivity contribution is 5.25. The van der Waals surface area contributed by atoms with E-state index in [0.717, 1.165) is 18.4 Å². The fraction of sp³-hybridized carbons (Fsp3) is 0.250. The third kappa shape index (κ3) is 3.43. The minimum absolute atomic E-state index is 0.377. The van der Waals surface area contributed by atoms with Crippen molar-refractivity contribution in [1.82, 2.24) is 0 Å². The second-order valence-electron chi connectivity index (χ2n) is 4.40. The van der Waals surface area contributed by atoms with Gasteiger partial charge in [-0.25, -0.2) is 0 Å². The molecule has 1 unspecified atom stereocenters. The SMILES string of the molecule is CC(O)c1ccc(CCc2ccccc2)cc1. The molecule has 0 aliphatic carbocycles. The molecule has 1 N–H and O–H groups in total. The quantitative estimate of drug-likeness (QED) is 0.845. The molecule has 1 nitrogen and oxygen atoms in total. The Kier molecular flexibility index (Phi) is 3.94. The van der Waals surface area contributed by atoms with E-state index in [9.17, 15) is 5.11 Å². The Morgan fingerprint density at radius 1 is 0.824 bits per heavy atom. The highest BCUT2D eigenvalue weighted by atomic mass is 16.3. The minimum Gasteiger partial charge on any atom is -0.389 e. The normalized spacial score (nSPS) is 12.4. The zero-order valence-corrected chi connectivity index (χ0v) is 10.1. The van der Waals surface area contributed by atoms with Crippen LogP contribution >= 0.6 is 0 Å². The Balaban J connectivity index is 1.96. The van der Waals surface area contributed by atoms with Gasteiger partial charge >= 0.3 is 0 Å². The van der Waals surface area contributed by atoms with Crippen molar-refractivity contribution < 1.29 is 5.11 Å². The molecule has 88 valence electrons. The molecule has 0 saturated heterocycles. The molecule has 0 spiro atoms. The average molecular weight is 226 g/mol. The van der Waals surface area contributed by atoms with Gasteiger partial charge in [0, 0.05) is 0 Å². The van der Waals surface area contributed by atoms with Gasteiger partial charge in [0.25, 0.3) is 0 Å². The molecule has 2 aromatic carbocycles. The van der Waals surface area contributed by atoms with Gasteiger partial charge in [0.15, 0.2) is 0 Å². The predicted molar refractivity (Wildman–Crippen MR) is 70.9 cm³/mol. The second kappa shape index (κ2) is 5.65. The van der Waals surface area contributed by atoms with Gasteiger partial charge in [0.2, 0.25) is 0 Å². The van der Waals surface area contributed by atoms with Crippen LogP contribution in [0.25, 0.3) is 0 Å². The molecule has 0 heterocycles. The van der Waals surface area contributed by atoms with Crippen LogP contribution in [0.2, 0.25) is 0 Å². The maximum Gasteiger partial charge on any atom is 0.0761 e. The largest absolute Gasteiger partial charge is 0.389 e. The van der Waals surface area contributed by atoms with Crippen LogP contribution in [0.15, 0.2) is 54.6 Å². The summed E-state index contributed by atoms with van der Waals surface area (Å²) in [6.07, 6.45) is 1.73. The Labute approximate surface area is 103 Å². The topological polar surface area (TPSA) is 20.2 Å². The van der Waals surface area contributed by atoms with Crippen LogP contribution in [-0.4, -0.2) is 5.11 Å². The highest BCUT2D eigenvalue weighted by Crippen LogP contribution is 2.14. The van der Waals surface area contributed by atoms with Crippen molar-refractivity contribution >= 4 is 0 Å². The van der Waals surface area contributed by atoms with E-state index in [-0.39, 0.29) is 6.10 Å². The molecule has 2 aromatic rings. The Morgan fingerprint density at radius 3 is 1.88 bits per heavy atom. The molecule has 0 aliphatic heterocycles. The number of benzene rings is 2. The van der Waals surface area contributed by atoms with Crippen molar-refractivity contribution in [2.75, 3.05) is 0 Å². The molecule has 0 aliphatic rings. The lowest BCUT2D eigenvalue weighted by Gasteiger charge is -2.06. The lowest BCUT2D eigenvalue weighted by Crippen LogP contribution is -1.94. The van der Waals surface area contributed by atoms with Gasteiger partial charge in [-0.2, -0.15) is 0 Å². The molecule has 0 aromatic heterocycles. The summed E-state index contributed by atoms with van der Waals surface area (Å²) in [5.41, 5.74) is 3.67. The van der Waals surface area contributed by atoms with E-state index in [1.165, 1.54) is 11.1 Å². The van der Waals surface area contributed by atoms with E-state index >= 15 is 0 Å². The number of aryl methyl sites for hydroxylation is 2. The first-order valence-corrected chi connectivity index (χ1v) is 6.06. The monoisotopic (exact) mass is 226 g/mol. The van der Waals surface area contributed by atoms with Gasteiger partial charge in [-0.1, -0.05) is 54.6 Å². The zero-order chi connectivity index (χ0) is 12.1. The van der Waals surface area contributed by atoms with Crippen LogP contribution in [0.5, 0.6) is 0 Å². The van der Waals surface area contributed by atoms with Gasteiger partial charge in [0.05, 0.1) is 6.10 Å². The van der Waals surface area contributed by atoms with Crippen LogP contribution in [0.3, 0.4) is 0 Å². The fourth-order valence-electron chi connectivity index (χ4n) is 1.90. The van der Waals surface area contributed by atoms with E-state index < -0.39 is 0 Å². The predicted octanol–water partition coefficient (Wildman–Crippen LogP) is 3.53. The van der Waals surface area contributed by atoms with E-state index in [1.807, 2.05) is 18.2 Å². The first-order valence-electron chi connectivity index (χ1n) is 6.06. The van der Waals surface area contributed by atoms with Crippen molar-refractivity contribution in [3.63, 3.8) is 0 Å². The summed E-state index contributed by atoms with van der Waals surface area (Å²) in [5.74, 6) is 0.